The van der Waals surface area contributed by atoms with E-state index in [1.165, 1.54) is 38.5 Å². The molecule has 0 saturated heterocycles. The Labute approximate surface area is 152 Å². The van der Waals surface area contributed by atoms with E-state index >= 15 is 0 Å². The minimum atomic E-state index is -4.39. The van der Waals surface area contributed by atoms with E-state index < -0.39 is 10.4 Å². The van der Waals surface area contributed by atoms with Gasteiger partial charge in [-0.1, -0.05) is 64.9 Å². The summed E-state index contributed by atoms with van der Waals surface area (Å²) in [5.41, 5.74) is 0. The van der Waals surface area contributed by atoms with Gasteiger partial charge in [0.2, 0.25) is 0 Å². The molecule has 1 N–H and O–H groups in total. The van der Waals surface area contributed by atoms with Gasteiger partial charge in [-0.05, 0) is 6.42 Å². The molecule has 21 heavy (non-hydrogen) atoms. The van der Waals surface area contributed by atoms with Crippen LogP contribution in [0.2, 0.25) is 0 Å². The Morgan fingerprint density at radius 3 is 2.05 bits per heavy atom. The van der Waals surface area contributed by atoms with Gasteiger partial charge in [-0.2, -0.15) is 8.42 Å². The van der Waals surface area contributed by atoms with Crippen LogP contribution in [0.4, 0.5) is 0 Å². The zero-order chi connectivity index (χ0) is 15.3. The van der Waals surface area contributed by atoms with E-state index in [1.54, 1.807) is 0 Å². The summed E-state index contributed by atoms with van der Waals surface area (Å²) in [6.45, 7) is 5.88. The van der Waals surface area contributed by atoms with Gasteiger partial charge in [0.25, 0.3) is 0 Å². The second-order valence-corrected chi connectivity index (χ2v) is 6.06. The maximum atomic E-state index is 10.5. The molecule has 0 rings (SSSR count). The molecule has 0 spiro atoms. The van der Waals surface area contributed by atoms with Crippen molar-refractivity contribution in [2.75, 3.05) is 13.2 Å². The molecule has 0 aromatic heterocycles. The number of rotatable bonds is 14. The van der Waals surface area contributed by atoms with Crippen LogP contribution in [0.1, 0.15) is 64.7 Å². The molecular weight excluding hydrogens is 303 g/mol. The van der Waals surface area contributed by atoms with Gasteiger partial charge >= 0.3 is 40.0 Å². The minimum absolute atomic E-state index is 0. The van der Waals surface area contributed by atoms with Crippen LogP contribution in [0.3, 0.4) is 0 Å². The first-order valence-corrected chi connectivity index (χ1v) is 8.88. The normalized spacial score (nSPS) is 12.9. The first kappa shape index (κ1) is 24.1. The summed E-state index contributed by atoms with van der Waals surface area (Å²) in [5.74, 6) is 0. The largest absolute Gasteiger partial charge is 1.00 e. The molecule has 0 heterocycles. The fraction of sp³-hybridized carbons (Fsp3) is 0.929. The van der Waals surface area contributed by atoms with Gasteiger partial charge in [-0.3, -0.25) is 4.55 Å². The Kier molecular flexibility index (Phi) is 18.0. The Hall–Kier alpha value is 0.830. The van der Waals surface area contributed by atoms with Gasteiger partial charge in [0.1, 0.15) is 0 Å². The molecule has 7 heteroatoms. The smallest absolute Gasteiger partial charge is 0.408 e. The van der Waals surface area contributed by atoms with E-state index in [9.17, 15) is 8.42 Å². The molecule has 0 aliphatic rings. The third kappa shape index (κ3) is 18.8. The molecule has 1 unspecified atom stereocenters. The van der Waals surface area contributed by atoms with E-state index in [-0.39, 0.29) is 48.9 Å². The molecule has 0 saturated carbocycles. The second-order valence-electron chi connectivity index (χ2n) is 4.97. The number of hydrogen-bond donors (Lipinski definition) is 1. The number of unbranched alkanes of at least 4 members (excludes halogenated alkanes) is 7. The van der Waals surface area contributed by atoms with Crippen molar-refractivity contribution in [1.82, 2.24) is 0 Å². The third-order valence-corrected chi connectivity index (χ3v) is 3.57. The van der Waals surface area contributed by atoms with Crippen LogP contribution in [0, 0.1) is 6.92 Å². The van der Waals surface area contributed by atoms with Gasteiger partial charge in [-0.15, -0.1) is 0 Å². The van der Waals surface area contributed by atoms with E-state index in [0.717, 1.165) is 19.3 Å². The van der Waals surface area contributed by atoms with E-state index in [2.05, 4.69) is 18.0 Å². The third-order valence-electron chi connectivity index (χ3n) is 3.14. The topological polar surface area (TPSA) is 72.8 Å². The van der Waals surface area contributed by atoms with Crippen molar-refractivity contribution in [2.45, 2.75) is 70.8 Å². The quantitative estimate of drug-likeness (QED) is 0.218. The van der Waals surface area contributed by atoms with Crippen LogP contribution in [0.15, 0.2) is 0 Å². The van der Waals surface area contributed by atoms with Crippen LogP contribution in [-0.4, -0.2) is 32.3 Å². The number of hydrogen-bond acceptors (Lipinski definition) is 4. The fourth-order valence-corrected chi connectivity index (χ4v) is 2.37. The van der Waals surface area contributed by atoms with Crippen molar-refractivity contribution in [1.29, 1.82) is 0 Å². The van der Waals surface area contributed by atoms with Crippen molar-refractivity contribution >= 4 is 10.4 Å². The maximum Gasteiger partial charge on any atom is 1.00 e. The van der Waals surface area contributed by atoms with Gasteiger partial charge in [-0.25, -0.2) is 4.18 Å². The van der Waals surface area contributed by atoms with Crippen molar-refractivity contribution in [3.05, 3.63) is 6.92 Å². The molecule has 122 valence electrons. The van der Waals surface area contributed by atoms with Crippen LogP contribution in [0.5, 0.6) is 0 Å². The fourth-order valence-electron chi connectivity index (χ4n) is 2.05. The van der Waals surface area contributed by atoms with Gasteiger partial charge in [0.05, 0.1) is 12.7 Å². The van der Waals surface area contributed by atoms with Crippen molar-refractivity contribution in [2.24, 2.45) is 0 Å². The Bertz CT molecular complexity index is 308. The Morgan fingerprint density at radius 2 is 1.57 bits per heavy atom. The summed E-state index contributed by atoms with van der Waals surface area (Å²) >= 11 is 0. The predicted molar refractivity (Wildman–Crippen MR) is 79.8 cm³/mol. The molecule has 0 aromatic carbocycles. The number of ether oxygens (including phenoxy) is 1. The molecule has 0 aliphatic carbocycles. The summed E-state index contributed by atoms with van der Waals surface area (Å²) in [6.07, 6.45) is 10.1. The minimum Gasteiger partial charge on any atom is -0.408 e. The van der Waals surface area contributed by atoms with Crippen molar-refractivity contribution in [3.63, 3.8) is 0 Å². The summed E-state index contributed by atoms with van der Waals surface area (Å²) < 4.78 is 39.2. The molecule has 0 aliphatic heterocycles. The summed E-state index contributed by atoms with van der Waals surface area (Å²) in [5, 5.41) is 0. The maximum absolute atomic E-state index is 10.5. The van der Waals surface area contributed by atoms with E-state index in [1.807, 2.05) is 0 Å². The average molecular weight is 332 g/mol. The summed E-state index contributed by atoms with van der Waals surface area (Å²) in [4.78, 5) is 0. The standard InChI is InChI=1S/C14H29O5S.Na/c1-3-5-6-7-8-9-10-11-12-14(18-4-2)13-19-20(15,16)17;/h14H,2-13H2,1H3,(H,15,16,17);/q-1;+1. The van der Waals surface area contributed by atoms with Gasteiger partial charge in [0, 0.05) is 0 Å². The van der Waals surface area contributed by atoms with Crippen LogP contribution in [-0.2, 0) is 19.3 Å². The van der Waals surface area contributed by atoms with Crippen LogP contribution in [0.25, 0.3) is 0 Å². The molecule has 0 amide bonds. The zero-order valence-corrected chi connectivity index (χ0v) is 16.4. The zero-order valence-electron chi connectivity index (χ0n) is 13.6. The van der Waals surface area contributed by atoms with Crippen molar-refractivity contribution in [3.8, 4) is 0 Å². The molecule has 0 aromatic rings. The predicted octanol–water partition coefficient (Wildman–Crippen LogP) is 0.560. The Balaban J connectivity index is 0. The monoisotopic (exact) mass is 332 g/mol. The van der Waals surface area contributed by atoms with Crippen LogP contribution >= 0.6 is 0 Å². The van der Waals surface area contributed by atoms with E-state index in [0.29, 0.717) is 0 Å². The molecule has 0 bridgehead atoms. The van der Waals surface area contributed by atoms with E-state index in [4.69, 9.17) is 9.29 Å². The first-order chi connectivity index (χ1) is 9.49. The second kappa shape index (κ2) is 15.7. The van der Waals surface area contributed by atoms with Gasteiger partial charge < -0.3 is 11.7 Å². The van der Waals surface area contributed by atoms with Gasteiger partial charge in [0.15, 0.2) is 0 Å². The first-order valence-electron chi connectivity index (χ1n) is 7.52. The summed E-state index contributed by atoms with van der Waals surface area (Å²) in [6, 6.07) is 0. The molecular formula is C14H29NaO5S. The SMILES string of the molecule is [CH2-]COC(CCCCCCCCCC)COS(=O)(=O)O.[Na+]. The molecule has 5 nitrogen and oxygen atoms in total. The van der Waals surface area contributed by atoms with Crippen LogP contribution < -0.4 is 29.6 Å². The average Bonchev–Trinajstić information content (AvgIpc) is 2.38. The van der Waals surface area contributed by atoms with Crippen molar-refractivity contribution < 1.29 is 51.4 Å². The Morgan fingerprint density at radius 1 is 1.05 bits per heavy atom. The molecule has 0 fully saturated rings. The summed E-state index contributed by atoms with van der Waals surface area (Å²) in [7, 11) is -4.39. The molecule has 1 atom stereocenters. The molecule has 0 radical (unpaired) electrons.